The quantitative estimate of drug-likeness (QED) is 0.259. The maximum Gasteiger partial charge on any atom is 0.430 e. The molecule has 2 unspecified atom stereocenters. The van der Waals surface area contributed by atoms with Gasteiger partial charge < -0.3 is 14.4 Å². The largest absolute Gasteiger partial charge is 0.430 e. The van der Waals surface area contributed by atoms with E-state index >= 15 is 0 Å². The molecule has 1 saturated carbocycles. The summed E-state index contributed by atoms with van der Waals surface area (Å²) in [6.45, 7) is 1.52. The van der Waals surface area contributed by atoms with E-state index in [9.17, 15) is 44.3 Å². The number of hydrogen-bond donors (Lipinski definition) is 1. The van der Waals surface area contributed by atoms with Gasteiger partial charge in [0.1, 0.15) is 16.3 Å². The molecule has 14 heteroatoms. The zero-order valence-electron chi connectivity index (χ0n) is 21.1. The first-order valence-corrected chi connectivity index (χ1v) is 13.4. The highest BCUT2D eigenvalue weighted by atomic mass is 32.2. The van der Waals surface area contributed by atoms with Crippen LogP contribution in [0.5, 0.6) is 0 Å². The minimum Gasteiger partial charge on any atom is -0.393 e. The lowest BCUT2D eigenvalue weighted by atomic mass is 9.88. The monoisotopic (exact) mass is 595 g/mol. The molecule has 0 radical (unpaired) electrons. The Balaban J connectivity index is 1.83. The topological polar surface area (TPSA) is 89.6 Å². The van der Waals surface area contributed by atoms with Crippen molar-refractivity contribution in [2.24, 2.45) is 0 Å². The fourth-order valence-electron chi connectivity index (χ4n) is 5.12. The van der Waals surface area contributed by atoms with Gasteiger partial charge in [-0.2, -0.15) is 26.3 Å². The maximum absolute atomic E-state index is 14.3. The number of alkyl halides is 6. The summed E-state index contributed by atoms with van der Waals surface area (Å²) >= 11 is 0. The Morgan fingerprint density at radius 1 is 1.00 bits per heavy atom. The summed E-state index contributed by atoms with van der Waals surface area (Å²) in [6, 6.07) is 6.60. The second-order valence-corrected chi connectivity index (χ2v) is 12.0. The molecule has 2 atom stereocenters. The second kappa shape index (κ2) is 10.1. The van der Waals surface area contributed by atoms with Crippen LogP contribution >= 0.6 is 0 Å². The van der Waals surface area contributed by atoms with E-state index in [0.29, 0.717) is 12.1 Å². The number of aryl methyl sites for hydroxylation is 2. The Kier molecular flexibility index (Phi) is 7.61. The first-order valence-electron chi connectivity index (χ1n) is 11.9. The lowest BCUT2D eigenvalue weighted by molar-refractivity contribution is -0.392. The molecule has 218 valence electrons. The standard InChI is InChI=1S/C26H24F7NO5S/c1-15-22(16(2)39-34-15)14-38-24(25(28,29)30,26(31,32)33)18-5-3-17(4-6-18)23(12-11-20(35)13-23)40(36,37)21-9-7-19(27)8-10-21/h3-10,20,35H,11-14H2,1-2H3. The molecule has 4 rings (SSSR count). The van der Waals surface area contributed by atoms with Crippen LogP contribution in [0.25, 0.3) is 0 Å². The van der Waals surface area contributed by atoms with Crippen molar-refractivity contribution in [2.75, 3.05) is 0 Å². The highest BCUT2D eigenvalue weighted by Crippen LogP contribution is 2.54. The van der Waals surface area contributed by atoms with Crippen LogP contribution < -0.4 is 0 Å². The Morgan fingerprint density at radius 2 is 1.57 bits per heavy atom. The summed E-state index contributed by atoms with van der Waals surface area (Å²) in [6.07, 6.45) is -13.6. The van der Waals surface area contributed by atoms with Crippen molar-refractivity contribution in [3.63, 3.8) is 0 Å². The smallest absolute Gasteiger partial charge is 0.393 e. The van der Waals surface area contributed by atoms with Gasteiger partial charge >= 0.3 is 12.4 Å². The normalized spacial score (nSPS) is 20.7. The molecule has 2 aromatic carbocycles. The lowest BCUT2D eigenvalue weighted by Crippen LogP contribution is -2.55. The molecular formula is C26H24F7NO5S. The minimum absolute atomic E-state index is 0.0117. The number of ether oxygens (including phenoxy) is 1. The SMILES string of the molecule is Cc1noc(C)c1COC(c1ccc(C2(S(=O)(=O)c3ccc(F)cc3)CCC(O)C2)cc1)(C(F)(F)F)C(F)(F)F. The molecule has 1 aliphatic rings. The fourth-order valence-corrected chi connectivity index (χ4v) is 7.31. The van der Waals surface area contributed by atoms with Gasteiger partial charge in [0.15, 0.2) is 9.84 Å². The van der Waals surface area contributed by atoms with Gasteiger partial charge in [-0.15, -0.1) is 0 Å². The van der Waals surface area contributed by atoms with Gasteiger partial charge in [0, 0.05) is 11.1 Å². The third kappa shape index (κ3) is 4.79. The minimum atomic E-state index is -5.98. The van der Waals surface area contributed by atoms with Crippen LogP contribution in [0.4, 0.5) is 30.7 Å². The molecule has 0 spiro atoms. The third-order valence-corrected chi connectivity index (χ3v) is 9.84. The number of halogens is 7. The van der Waals surface area contributed by atoms with Crippen LogP contribution in [0.3, 0.4) is 0 Å². The van der Waals surface area contributed by atoms with Gasteiger partial charge in [-0.3, -0.25) is 0 Å². The average molecular weight is 596 g/mol. The van der Waals surface area contributed by atoms with E-state index in [1.165, 1.54) is 13.8 Å². The van der Waals surface area contributed by atoms with Crippen molar-refractivity contribution in [1.82, 2.24) is 5.16 Å². The lowest BCUT2D eigenvalue weighted by Gasteiger charge is -2.38. The Labute approximate surface area is 224 Å². The predicted octanol–water partition coefficient (Wildman–Crippen LogP) is 6.18. The molecule has 6 nitrogen and oxygen atoms in total. The second-order valence-electron chi connectivity index (χ2n) is 9.69. The first kappa shape index (κ1) is 30.0. The van der Waals surface area contributed by atoms with Crippen molar-refractivity contribution >= 4 is 9.84 Å². The summed E-state index contributed by atoms with van der Waals surface area (Å²) in [5.41, 5.74) is -6.25. The summed E-state index contributed by atoms with van der Waals surface area (Å²) in [4.78, 5) is -0.310. The van der Waals surface area contributed by atoms with Gasteiger partial charge in [0.05, 0.1) is 23.3 Å². The van der Waals surface area contributed by atoms with Gasteiger partial charge in [-0.25, -0.2) is 12.8 Å². The summed E-state index contributed by atoms with van der Waals surface area (Å²) < 4.78 is 134. The van der Waals surface area contributed by atoms with E-state index in [4.69, 9.17) is 4.52 Å². The van der Waals surface area contributed by atoms with Crippen LogP contribution in [0, 0.1) is 19.7 Å². The number of aliphatic hydroxyl groups excluding tert-OH is 1. The Morgan fingerprint density at radius 3 is 2.02 bits per heavy atom. The molecule has 1 fully saturated rings. The van der Waals surface area contributed by atoms with E-state index in [2.05, 4.69) is 9.89 Å². The fraction of sp³-hybridized carbons (Fsp3) is 0.423. The molecule has 1 heterocycles. The number of benzene rings is 2. The number of nitrogens with zero attached hydrogens (tertiary/aromatic N) is 1. The maximum atomic E-state index is 14.3. The van der Waals surface area contributed by atoms with Gasteiger partial charge in [0.2, 0.25) is 0 Å². The zero-order valence-corrected chi connectivity index (χ0v) is 21.9. The molecular weight excluding hydrogens is 571 g/mol. The van der Waals surface area contributed by atoms with Crippen LogP contribution in [-0.2, 0) is 31.5 Å². The van der Waals surface area contributed by atoms with Crippen molar-refractivity contribution in [2.45, 2.75) is 73.4 Å². The number of sulfone groups is 1. The molecule has 0 saturated heterocycles. The van der Waals surface area contributed by atoms with E-state index in [0.717, 1.165) is 36.4 Å². The highest BCUT2D eigenvalue weighted by Gasteiger charge is 2.73. The Hall–Kier alpha value is -2.97. The van der Waals surface area contributed by atoms with Crippen molar-refractivity contribution in [3.8, 4) is 0 Å². The summed E-state index contributed by atoms with van der Waals surface area (Å²) in [5.74, 6) is -0.727. The first-order chi connectivity index (χ1) is 18.5. The number of aromatic nitrogens is 1. The highest BCUT2D eigenvalue weighted by molar-refractivity contribution is 7.92. The zero-order chi connectivity index (χ0) is 29.7. The molecule has 0 amide bonds. The van der Waals surface area contributed by atoms with Gasteiger partial charge in [-0.1, -0.05) is 29.4 Å². The van der Waals surface area contributed by atoms with Crippen molar-refractivity contribution < 1.29 is 53.5 Å². The molecule has 40 heavy (non-hydrogen) atoms. The van der Waals surface area contributed by atoms with E-state index in [-0.39, 0.29) is 46.7 Å². The van der Waals surface area contributed by atoms with Crippen LogP contribution in [0.15, 0.2) is 57.9 Å². The molecule has 0 aliphatic heterocycles. The van der Waals surface area contributed by atoms with Crippen molar-refractivity contribution in [1.29, 1.82) is 0 Å². The molecule has 1 aromatic heterocycles. The Bertz CT molecular complexity index is 1430. The third-order valence-electron chi connectivity index (χ3n) is 7.32. The molecule has 1 aliphatic carbocycles. The van der Waals surface area contributed by atoms with E-state index in [1.54, 1.807) is 0 Å². The van der Waals surface area contributed by atoms with Crippen LogP contribution in [0.1, 0.15) is 47.4 Å². The predicted molar refractivity (Wildman–Crippen MR) is 126 cm³/mol. The number of rotatable bonds is 7. The van der Waals surface area contributed by atoms with Gasteiger partial charge in [0.25, 0.3) is 5.60 Å². The van der Waals surface area contributed by atoms with Gasteiger partial charge in [-0.05, 0) is 62.9 Å². The molecule has 3 aromatic rings. The van der Waals surface area contributed by atoms with E-state index in [1.807, 2.05) is 0 Å². The summed E-state index contributed by atoms with van der Waals surface area (Å²) in [7, 11) is -4.38. The summed E-state index contributed by atoms with van der Waals surface area (Å²) in [5, 5.41) is 13.7. The number of aliphatic hydroxyl groups is 1. The van der Waals surface area contributed by atoms with Crippen LogP contribution in [0.2, 0.25) is 0 Å². The van der Waals surface area contributed by atoms with Crippen molar-refractivity contribution in [3.05, 3.63) is 82.5 Å². The molecule has 1 N–H and O–H groups in total. The number of hydrogen-bond acceptors (Lipinski definition) is 6. The average Bonchev–Trinajstić information content (AvgIpc) is 3.41. The van der Waals surface area contributed by atoms with Crippen LogP contribution in [-0.4, -0.2) is 37.1 Å². The van der Waals surface area contributed by atoms with E-state index < -0.39 is 56.6 Å². The molecule has 0 bridgehead atoms.